The number of rotatable bonds is 5. The summed E-state index contributed by atoms with van der Waals surface area (Å²) in [5.74, 6) is 0.337. The molecule has 3 rings (SSSR count). The molecule has 2 aromatic carbocycles. The van der Waals surface area contributed by atoms with Crippen molar-refractivity contribution in [2.24, 2.45) is 5.92 Å². The van der Waals surface area contributed by atoms with Crippen molar-refractivity contribution in [1.82, 2.24) is 10.0 Å². The van der Waals surface area contributed by atoms with Crippen LogP contribution in [-0.4, -0.2) is 32.7 Å². The van der Waals surface area contributed by atoms with Crippen molar-refractivity contribution >= 4 is 26.9 Å². The van der Waals surface area contributed by atoms with E-state index in [1.165, 1.54) is 0 Å². The van der Waals surface area contributed by atoms with Crippen LogP contribution in [0.1, 0.15) is 46.5 Å². The van der Waals surface area contributed by atoms with Crippen molar-refractivity contribution < 1.29 is 17.9 Å². The molecule has 1 aliphatic carbocycles. The van der Waals surface area contributed by atoms with Gasteiger partial charge in [-0.15, -0.1) is 0 Å². The van der Waals surface area contributed by atoms with Gasteiger partial charge in [-0.25, -0.2) is 17.9 Å². The van der Waals surface area contributed by atoms with Gasteiger partial charge in [0.05, 0.1) is 4.90 Å². The van der Waals surface area contributed by atoms with Gasteiger partial charge in [-0.1, -0.05) is 30.3 Å². The maximum absolute atomic E-state index is 12.8. The van der Waals surface area contributed by atoms with E-state index in [9.17, 15) is 13.2 Å². The van der Waals surface area contributed by atoms with E-state index in [0.717, 1.165) is 36.5 Å². The number of nitrogens with one attached hydrogen (secondary N) is 2. The Morgan fingerprint density at radius 3 is 2.34 bits per heavy atom. The number of sulfonamides is 1. The molecule has 6 nitrogen and oxygen atoms in total. The molecule has 0 radical (unpaired) electrons. The summed E-state index contributed by atoms with van der Waals surface area (Å²) in [6.07, 6.45) is 2.83. The third-order valence-electron chi connectivity index (χ3n) is 5.13. The van der Waals surface area contributed by atoms with Crippen LogP contribution < -0.4 is 10.0 Å². The lowest BCUT2D eigenvalue weighted by Crippen LogP contribution is -2.40. The monoisotopic (exact) mass is 418 g/mol. The van der Waals surface area contributed by atoms with Crippen LogP contribution in [0, 0.1) is 5.92 Å². The Balaban J connectivity index is 1.51. The number of carbonyl (C=O) groups is 1. The van der Waals surface area contributed by atoms with Crippen LogP contribution in [0.5, 0.6) is 0 Å². The van der Waals surface area contributed by atoms with E-state index in [1.807, 2.05) is 51.1 Å². The van der Waals surface area contributed by atoms with Crippen LogP contribution in [0.15, 0.2) is 47.4 Å². The van der Waals surface area contributed by atoms with Crippen molar-refractivity contribution in [3.63, 3.8) is 0 Å². The lowest BCUT2D eigenvalue weighted by molar-refractivity contribution is 0.0514. The summed E-state index contributed by atoms with van der Waals surface area (Å²) >= 11 is 0. The molecule has 2 aromatic rings. The smallest absolute Gasteiger partial charge is 0.407 e. The molecule has 29 heavy (non-hydrogen) atoms. The highest BCUT2D eigenvalue weighted by Gasteiger charge is 2.26. The number of hydrogen-bond donors (Lipinski definition) is 2. The topological polar surface area (TPSA) is 84.5 Å². The van der Waals surface area contributed by atoms with Crippen LogP contribution in [0.25, 0.3) is 10.8 Å². The maximum Gasteiger partial charge on any atom is 0.407 e. The third kappa shape index (κ3) is 6.18. The van der Waals surface area contributed by atoms with Gasteiger partial charge in [0.1, 0.15) is 5.60 Å². The summed E-state index contributed by atoms with van der Waals surface area (Å²) < 4.78 is 33.7. The Bertz CT molecular complexity index is 958. The summed E-state index contributed by atoms with van der Waals surface area (Å²) in [6.45, 7) is 6.05. The van der Waals surface area contributed by atoms with Crippen molar-refractivity contribution in [3.05, 3.63) is 42.5 Å². The summed E-state index contributed by atoms with van der Waals surface area (Å²) in [4.78, 5) is 12.1. The summed E-state index contributed by atoms with van der Waals surface area (Å²) in [5.41, 5.74) is -0.511. The molecule has 1 saturated carbocycles. The molecule has 1 aliphatic rings. The van der Waals surface area contributed by atoms with Crippen molar-refractivity contribution in [1.29, 1.82) is 0 Å². The number of amides is 1. The van der Waals surface area contributed by atoms with E-state index >= 15 is 0 Å². The minimum Gasteiger partial charge on any atom is -0.444 e. The normalized spacial score (nSPS) is 20.4. The largest absolute Gasteiger partial charge is 0.444 e. The van der Waals surface area contributed by atoms with Crippen LogP contribution in [0.4, 0.5) is 4.79 Å². The quantitative estimate of drug-likeness (QED) is 0.762. The average Bonchev–Trinajstić information content (AvgIpc) is 2.65. The first-order valence-corrected chi connectivity index (χ1v) is 11.6. The lowest BCUT2D eigenvalue weighted by Gasteiger charge is -2.29. The van der Waals surface area contributed by atoms with Gasteiger partial charge in [-0.3, -0.25) is 0 Å². The molecule has 0 saturated heterocycles. The fourth-order valence-electron chi connectivity index (χ4n) is 3.65. The Hall–Kier alpha value is -2.12. The first-order valence-electron chi connectivity index (χ1n) is 10.1. The fraction of sp³-hybridized carbons (Fsp3) is 0.500. The number of hydrogen-bond acceptors (Lipinski definition) is 4. The van der Waals surface area contributed by atoms with E-state index in [2.05, 4.69) is 10.0 Å². The minimum atomic E-state index is -3.55. The van der Waals surface area contributed by atoms with Crippen LogP contribution in [0.2, 0.25) is 0 Å². The number of benzene rings is 2. The van der Waals surface area contributed by atoms with Crippen molar-refractivity contribution in [3.8, 4) is 0 Å². The highest BCUT2D eigenvalue weighted by Crippen LogP contribution is 2.26. The van der Waals surface area contributed by atoms with Crippen LogP contribution in [-0.2, 0) is 14.8 Å². The van der Waals surface area contributed by atoms with Gasteiger partial charge < -0.3 is 10.1 Å². The van der Waals surface area contributed by atoms with Gasteiger partial charge in [-0.05, 0) is 75.3 Å². The van der Waals surface area contributed by atoms with E-state index in [1.54, 1.807) is 12.1 Å². The predicted molar refractivity (Wildman–Crippen MR) is 114 cm³/mol. The minimum absolute atomic E-state index is 0.0794. The Morgan fingerprint density at radius 1 is 1.03 bits per heavy atom. The van der Waals surface area contributed by atoms with E-state index < -0.39 is 21.7 Å². The molecular weight excluding hydrogens is 388 g/mol. The molecule has 2 N–H and O–H groups in total. The Labute approximate surface area is 173 Å². The number of ether oxygens (including phenoxy) is 1. The number of carbonyl (C=O) groups excluding carboxylic acids is 1. The second-order valence-electron chi connectivity index (χ2n) is 8.73. The average molecular weight is 419 g/mol. The van der Waals surface area contributed by atoms with Crippen molar-refractivity contribution in [2.75, 3.05) is 6.54 Å². The van der Waals surface area contributed by atoms with Crippen LogP contribution in [0.3, 0.4) is 0 Å². The van der Waals surface area contributed by atoms with Gasteiger partial charge in [0, 0.05) is 12.6 Å². The lowest BCUT2D eigenvalue weighted by atomic mass is 9.86. The summed E-state index contributed by atoms with van der Waals surface area (Å²) in [6, 6.07) is 12.8. The molecule has 0 unspecified atom stereocenters. The Morgan fingerprint density at radius 2 is 1.69 bits per heavy atom. The van der Waals surface area contributed by atoms with Gasteiger partial charge in [-0.2, -0.15) is 0 Å². The SMILES string of the molecule is CC(C)(C)OC(=O)NCC1CCC(NS(=O)(=O)c2ccc3ccccc3c2)CC1. The zero-order valence-corrected chi connectivity index (χ0v) is 18.1. The first kappa shape index (κ1) is 21.6. The molecule has 0 bridgehead atoms. The van der Waals surface area contributed by atoms with Gasteiger partial charge in [0.25, 0.3) is 0 Å². The molecule has 1 fully saturated rings. The summed E-state index contributed by atoms with van der Waals surface area (Å²) in [5, 5.41) is 4.74. The Kier molecular flexibility index (Phi) is 6.49. The van der Waals surface area contributed by atoms with E-state index in [0.29, 0.717) is 17.4 Å². The van der Waals surface area contributed by atoms with Crippen LogP contribution >= 0.6 is 0 Å². The maximum atomic E-state index is 12.8. The number of alkyl carbamates (subject to hydrolysis) is 1. The molecular formula is C22H30N2O4S. The second-order valence-corrected chi connectivity index (χ2v) is 10.4. The number of fused-ring (bicyclic) bond motifs is 1. The molecule has 7 heteroatoms. The molecule has 158 valence electrons. The van der Waals surface area contributed by atoms with Gasteiger partial charge >= 0.3 is 6.09 Å². The van der Waals surface area contributed by atoms with E-state index in [4.69, 9.17) is 4.74 Å². The highest BCUT2D eigenvalue weighted by atomic mass is 32.2. The van der Waals surface area contributed by atoms with Gasteiger partial charge in [0.15, 0.2) is 0 Å². The fourth-order valence-corrected chi connectivity index (χ4v) is 4.99. The van der Waals surface area contributed by atoms with E-state index in [-0.39, 0.29) is 6.04 Å². The molecule has 0 aromatic heterocycles. The highest BCUT2D eigenvalue weighted by molar-refractivity contribution is 7.89. The zero-order valence-electron chi connectivity index (χ0n) is 17.3. The van der Waals surface area contributed by atoms with Gasteiger partial charge in [0.2, 0.25) is 10.0 Å². The predicted octanol–water partition coefficient (Wildman–Crippen LogP) is 4.20. The molecule has 0 aliphatic heterocycles. The first-order chi connectivity index (χ1) is 13.6. The molecule has 0 spiro atoms. The standard InChI is InChI=1S/C22H30N2O4S/c1-22(2,3)28-21(25)23-15-16-8-11-19(12-9-16)24-29(26,27)20-13-10-17-6-4-5-7-18(17)14-20/h4-7,10,13-14,16,19,24H,8-9,11-12,15H2,1-3H3,(H,23,25). The summed E-state index contributed by atoms with van der Waals surface area (Å²) in [7, 11) is -3.55. The molecule has 1 amide bonds. The molecule has 0 atom stereocenters. The third-order valence-corrected chi connectivity index (χ3v) is 6.65. The second kappa shape index (κ2) is 8.71. The molecule has 0 heterocycles. The zero-order chi connectivity index (χ0) is 21.1. The van der Waals surface area contributed by atoms with Crippen molar-refractivity contribution in [2.45, 2.75) is 63.0 Å².